The molecule has 2 aromatic carbocycles. The average molecular weight is 442 g/mol. The second-order valence-corrected chi connectivity index (χ2v) is 9.86. The Balaban J connectivity index is 1.46. The van der Waals surface area contributed by atoms with E-state index in [1.54, 1.807) is 11.3 Å². The Morgan fingerprint density at radius 2 is 1.81 bits per heavy atom. The van der Waals surface area contributed by atoms with Gasteiger partial charge in [0.25, 0.3) is 0 Å². The Labute approximate surface area is 194 Å². The summed E-state index contributed by atoms with van der Waals surface area (Å²) in [7, 11) is 2.31. The van der Waals surface area contributed by atoms with E-state index in [1.807, 2.05) is 25.3 Å². The van der Waals surface area contributed by atoms with Crippen molar-refractivity contribution in [3.05, 3.63) is 88.3 Å². The van der Waals surface area contributed by atoms with Gasteiger partial charge in [0, 0.05) is 58.6 Å². The van der Waals surface area contributed by atoms with E-state index in [0.717, 1.165) is 30.1 Å². The summed E-state index contributed by atoms with van der Waals surface area (Å²) in [6.45, 7) is 3.05. The molecule has 0 N–H and O–H groups in total. The van der Waals surface area contributed by atoms with E-state index >= 15 is 0 Å². The zero-order chi connectivity index (χ0) is 21.8. The summed E-state index contributed by atoms with van der Waals surface area (Å²) in [5.74, 6) is 0. The lowest BCUT2D eigenvalue weighted by Gasteiger charge is -2.32. The molecule has 0 aliphatic carbocycles. The first-order valence-corrected chi connectivity index (χ1v) is 12.0. The van der Waals surface area contributed by atoms with Crippen LogP contribution in [0, 0.1) is 6.92 Å². The van der Waals surface area contributed by atoms with Gasteiger partial charge in [0.15, 0.2) is 0 Å². The van der Waals surface area contributed by atoms with Crippen LogP contribution in [0.2, 0.25) is 5.02 Å². The molecule has 162 valence electrons. The van der Waals surface area contributed by atoms with Crippen LogP contribution in [0.1, 0.15) is 41.4 Å². The van der Waals surface area contributed by atoms with E-state index in [9.17, 15) is 0 Å². The molecule has 3 nitrogen and oxygen atoms in total. The van der Waals surface area contributed by atoms with Gasteiger partial charge in [-0.2, -0.15) is 0 Å². The number of benzene rings is 2. The van der Waals surface area contributed by atoms with E-state index in [1.165, 1.54) is 40.4 Å². The number of aromatic nitrogens is 2. The minimum atomic E-state index is 0.536. The number of halogens is 1. The van der Waals surface area contributed by atoms with Gasteiger partial charge in [0.05, 0.1) is 0 Å². The molecule has 2 aliphatic rings. The summed E-state index contributed by atoms with van der Waals surface area (Å²) in [4.78, 5) is 7.11. The van der Waals surface area contributed by atoms with Crippen molar-refractivity contribution in [1.29, 1.82) is 0 Å². The van der Waals surface area contributed by atoms with E-state index < -0.39 is 0 Å². The first-order valence-electron chi connectivity index (χ1n) is 11.6. The highest BCUT2D eigenvalue weighted by atomic mass is 35.5. The second kappa shape index (κ2) is 7.75. The Hall–Kier alpha value is -2.62. The van der Waals surface area contributed by atoms with Crippen LogP contribution in [0.3, 0.4) is 0 Å². The van der Waals surface area contributed by atoms with Crippen molar-refractivity contribution in [2.75, 3.05) is 7.05 Å². The summed E-state index contributed by atoms with van der Waals surface area (Å²) in [6.07, 6.45) is 6.76. The number of nitrogens with zero attached hydrogens (tertiary/aromatic N) is 3. The first kappa shape index (κ1) is 20.0. The Bertz CT molecular complexity index is 1290. The van der Waals surface area contributed by atoms with E-state index in [2.05, 4.69) is 64.0 Å². The van der Waals surface area contributed by atoms with Crippen LogP contribution in [0.5, 0.6) is 0 Å². The fourth-order valence-corrected chi connectivity index (χ4v) is 5.95. The first-order chi connectivity index (χ1) is 15.6. The monoisotopic (exact) mass is 441 g/mol. The van der Waals surface area contributed by atoms with Crippen molar-refractivity contribution in [2.24, 2.45) is 0 Å². The van der Waals surface area contributed by atoms with E-state index in [0.29, 0.717) is 12.1 Å². The molecule has 0 radical (unpaired) electrons. The van der Waals surface area contributed by atoms with Gasteiger partial charge in [-0.05, 0) is 85.8 Å². The van der Waals surface area contributed by atoms with Crippen molar-refractivity contribution in [2.45, 2.75) is 51.2 Å². The molecule has 2 bridgehead atoms. The van der Waals surface area contributed by atoms with Gasteiger partial charge in [-0.3, -0.25) is 9.88 Å². The summed E-state index contributed by atoms with van der Waals surface area (Å²) < 4.78 is 2.61. The number of aryl methyl sites for hydroxylation is 3. The third kappa shape index (κ3) is 3.27. The van der Waals surface area contributed by atoms with Crippen LogP contribution < -0.4 is 0 Å². The van der Waals surface area contributed by atoms with Gasteiger partial charge in [-0.15, -0.1) is 0 Å². The van der Waals surface area contributed by atoms with Crippen molar-refractivity contribution in [3.8, 4) is 11.1 Å². The van der Waals surface area contributed by atoms with Crippen molar-refractivity contribution < 1.29 is 0 Å². The summed E-state index contributed by atoms with van der Waals surface area (Å²) in [5, 5.41) is 2.20. The van der Waals surface area contributed by atoms with Crippen molar-refractivity contribution >= 4 is 22.5 Å². The SMILES string of the molecule is Cc1ccc(CCn2c3c(c4cc(-c5ccc(Cl)cc5)ccc42)C2CCC(C3)N2C)cn1. The highest BCUT2D eigenvalue weighted by Gasteiger charge is 2.40. The lowest BCUT2D eigenvalue weighted by Crippen LogP contribution is -2.34. The Kier molecular flexibility index (Phi) is 4.85. The number of rotatable bonds is 4. The van der Waals surface area contributed by atoms with E-state index in [4.69, 9.17) is 11.6 Å². The second-order valence-electron chi connectivity index (χ2n) is 9.43. The molecule has 1 fully saturated rings. The molecule has 2 unspecified atom stereocenters. The quantitative estimate of drug-likeness (QED) is 0.355. The zero-order valence-corrected chi connectivity index (χ0v) is 19.4. The fourth-order valence-electron chi connectivity index (χ4n) is 5.82. The number of likely N-dealkylation sites (N-methyl/N-ethyl adjacent to an activating group) is 1. The third-order valence-corrected chi connectivity index (χ3v) is 7.84. The molecule has 0 saturated carbocycles. The molecule has 2 aromatic heterocycles. The fraction of sp³-hybridized carbons (Fsp3) is 0.321. The van der Waals surface area contributed by atoms with Gasteiger partial charge < -0.3 is 4.57 Å². The van der Waals surface area contributed by atoms with Gasteiger partial charge >= 0.3 is 0 Å². The summed E-state index contributed by atoms with van der Waals surface area (Å²) in [6, 6.07) is 20.8. The molecule has 0 amide bonds. The van der Waals surface area contributed by atoms with Gasteiger partial charge in [-0.1, -0.05) is 35.9 Å². The highest BCUT2D eigenvalue weighted by molar-refractivity contribution is 6.30. The molecule has 6 rings (SSSR count). The smallest absolute Gasteiger partial charge is 0.0486 e. The number of pyridine rings is 1. The molecule has 1 saturated heterocycles. The molecule has 4 heteroatoms. The Morgan fingerprint density at radius 3 is 2.59 bits per heavy atom. The minimum absolute atomic E-state index is 0.536. The lowest BCUT2D eigenvalue weighted by atomic mass is 9.95. The van der Waals surface area contributed by atoms with Crippen molar-refractivity contribution in [3.63, 3.8) is 0 Å². The normalized spacial score (nSPS) is 20.1. The lowest BCUT2D eigenvalue weighted by molar-refractivity contribution is 0.222. The van der Waals surface area contributed by atoms with Gasteiger partial charge in [-0.25, -0.2) is 0 Å². The molecule has 2 atom stereocenters. The number of hydrogen-bond acceptors (Lipinski definition) is 2. The maximum Gasteiger partial charge on any atom is 0.0486 e. The van der Waals surface area contributed by atoms with Crippen LogP contribution in [0.4, 0.5) is 0 Å². The molecule has 0 spiro atoms. The topological polar surface area (TPSA) is 21.1 Å². The van der Waals surface area contributed by atoms with Gasteiger partial charge in [0.2, 0.25) is 0 Å². The molecule has 2 aliphatic heterocycles. The van der Waals surface area contributed by atoms with Crippen LogP contribution in [0.25, 0.3) is 22.0 Å². The molecule has 32 heavy (non-hydrogen) atoms. The maximum absolute atomic E-state index is 6.13. The predicted octanol–water partition coefficient (Wildman–Crippen LogP) is 6.60. The van der Waals surface area contributed by atoms with E-state index in [-0.39, 0.29) is 0 Å². The number of fused-ring (bicyclic) bond motifs is 6. The molecular formula is C28H28ClN3. The highest BCUT2D eigenvalue weighted by Crippen LogP contribution is 2.47. The van der Waals surface area contributed by atoms with Crippen LogP contribution in [0.15, 0.2) is 60.8 Å². The largest absolute Gasteiger partial charge is 0.344 e. The molecule has 4 aromatic rings. The van der Waals surface area contributed by atoms with Gasteiger partial charge in [0.1, 0.15) is 0 Å². The summed E-state index contributed by atoms with van der Waals surface area (Å²) in [5.41, 5.74) is 9.35. The zero-order valence-electron chi connectivity index (χ0n) is 18.7. The van der Waals surface area contributed by atoms with Crippen LogP contribution in [-0.4, -0.2) is 27.5 Å². The standard InChI is InChI=1S/C28H28ClN3/c1-18-3-4-19(17-30-18)13-14-32-25-11-7-21(20-5-8-22(29)9-6-20)15-24(25)28-26-12-10-23(31(26)2)16-27(28)32/h3-9,11,15,17,23,26H,10,12-14,16H2,1-2H3. The molecule has 4 heterocycles. The minimum Gasteiger partial charge on any atom is -0.344 e. The third-order valence-electron chi connectivity index (χ3n) is 7.59. The van der Waals surface area contributed by atoms with Crippen molar-refractivity contribution in [1.82, 2.24) is 14.5 Å². The average Bonchev–Trinajstić information content (AvgIpc) is 3.22. The predicted molar refractivity (Wildman–Crippen MR) is 132 cm³/mol. The number of hydrogen-bond donors (Lipinski definition) is 0. The van der Waals surface area contributed by atoms with Crippen LogP contribution >= 0.6 is 11.6 Å². The van der Waals surface area contributed by atoms with Crippen LogP contribution in [-0.2, 0) is 19.4 Å². The summed E-state index contributed by atoms with van der Waals surface area (Å²) >= 11 is 6.13. The maximum atomic E-state index is 6.13. The molecular weight excluding hydrogens is 414 g/mol. The Morgan fingerprint density at radius 1 is 1.00 bits per heavy atom.